The Bertz CT molecular complexity index is 941. The Balaban J connectivity index is 1.81. The van der Waals surface area contributed by atoms with Gasteiger partial charge in [-0.2, -0.15) is 0 Å². The first kappa shape index (κ1) is 20.1. The van der Waals surface area contributed by atoms with Crippen molar-refractivity contribution in [1.29, 1.82) is 0 Å². The summed E-state index contributed by atoms with van der Waals surface area (Å²) in [6, 6.07) is 13.9. The third-order valence-corrected chi connectivity index (χ3v) is 5.40. The summed E-state index contributed by atoms with van der Waals surface area (Å²) >= 11 is 6.57. The van der Waals surface area contributed by atoms with Gasteiger partial charge in [-0.1, -0.05) is 55.2 Å². The molecule has 1 heterocycles. The SMILES string of the molecule is CCCN1C(=O)/C(=C/c2ccc(OC(=O)c3ccccc3)c(OC)c2)SC1=S. The molecule has 7 heteroatoms. The number of esters is 1. The zero-order valence-corrected chi connectivity index (χ0v) is 17.1. The summed E-state index contributed by atoms with van der Waals surface area (Å²) in [6.07, 6.45) is 2.61. The Morgan fingerprint density at radius 1 is 1.18 bits per heavy atom. The van der Waals surface area contributed by atoms with Crippen LogP contribution in [0.4, 0.5) is 0 Å². The van der Waals surface area contributed by atoms with E-state index in [1.54, 1.807) is 53.4 Å². The molecule has 0 unspecified atom stereocenters. The van der Waals surface area contributed by atoms with E-state index in [1.807, 2.05) is 13.0 Å². The molecule has 2 aromatic rings. The number of nitrogens with zero attached hydrogens (tertiary/aromatic N) is 1. The number of thiocarbonyl (C=S) groups is 1. The normalized spacial score (nSPS) is 15.2. The molecule has 0 radical (unpaired) electrons. The molecule has 1 aliphatic rings. The third-order valence-electron chi connectivity index (χ3n) is 4.02. The summed E-state index contributed by atoms with van der Waals surface area (Å²) in [5.41, 5.74) is 1.21. The zero-order chi connectivity index (χ0) is 20.1. The average molecular weight is 414 g/mol. The molecule has 5 nitrogen and oxygen atoms in total. The molecule has 28 heavy (non-hydrogen) atoms. The molecule has 1 saturated heterocycles. The number of methoxy groups -OCH3 is 1. The Morgan fingerprint density at radius 3 is 2.61 bits per heavy atom. The highest BCUT2D eigenvalue weighted by molar-refractivity contribution is 8.26. The van der Waals surface area contributed by atoms with Crippen LogP contribution in [-0.4, -0.2) is 34.8 Å². The van der Waals surface area contributed by atoms with Crippen molar-refractivity contribution in [2.24, 2.45) is 0 Å². The number of rotatable bonds is 6. The van der Waals surface area contributed by atoms with E-state index in [0.717, 1.165) is 12.0 Å². The highest BCUT2D eigenvalue weighted by Gasteiger charge is 2.31. The Morgan fingerprint density at radius 2 is 1.93 bits per heavy atom. The van der Waals surface area contributed by atoms with Crippen LogP contribution in [-0.2, 0) is 4.79 Å². The van der Waals surface area contributed by atoms with Crippen molar-refractivity contribution in [3.8, 4) is 11.5 Å². The van der Waals surface area contributed by atoms with Crippen LogP contribution in [0.3, 0.4) is 0 Å². The molecule has 0 bridgehead atoms. The largest absolute Gasteiger partial charge is 0.493 e. The van der Waals surface area contributed by atoms with E-state index in [0.29, 0.717) is 32.8 Å². The summed E-state index contributed by atoms with van der Waals surface area (Å²) in [7, 11) is 1.50. The van der Waals surface area contributed by atoms with Crippen LogP contribution < -0.4 is 9.47 Å². The molecule has 144 valence electrons. The van der Waals surface area contributed by atoms with Gasteiger partial charge in [0, 0.05) is 6.54 Å². The molecule has 1 aliphatic heterocycles. The van der Waals surface area contributed by atoms with Crippen LogP contribution in [0, 0.1) is 0 Å². The third kappa shape index (κ3) is 4.43. The molecule has 0 atom stereocenters. The predicted molar refractivity (Wildman–Crippen MR) is 115 cm³/mol. The van der Waals surface area contributed by atoms with Crippen molar-refractivity contribution in [2.45, 2.75) is 13.3 Å². The summed E-state index contributed by atoms with van der Waals surface area (Å²) in [6.45, 7) is 2.61. The first-order valence-corrected chi connectivity index (χ1v) is 9.96. The lowest BCUT2D eigenvalue weighted by Gasteiger charge is -2.12. The van der Waals surface area contributed by atoms with Gasteiger partial charge in [-0.05, 0) is 42.3 Å². The lowest BCUT2D eigenvalue weighted by atomic mass is 10.1. The average Bonchev–Trinajstić information content (AvgIpc) is 2.97. The molecule has 0 aliphatic carbocycles. The molecular weight excluding hydrogens is 394 g/mol. The Hall–Kier alpha value is -2.64. The molecule has 2 aromatic carbocycles. The van der Waals surface area contributed by atoms with Crippen molar-refractivity contribution in [3.05, 3.63) is 64.6 Å². The molecule has 1 fully saturated rings. The number of carbonyl (C=O) groups is 2. The van der Waals surface area contributed by atoms with Gasteiger partial charge in [0.1, 0.15) is 4.32 Å². The van der Waals surface area contributed by atoms with Crippen molar-refractivity contribution in [3.63, 3.8) is 0 Å². The van der Waals surface area contributed by atoms with Gasteiger partial charge in [0.2, 0.25) is 0 Å². The minimum atomic E-state index is -0.466. The molecular formula is C21H19NO4S2. The van der Waals surface area contributed by atoms with Crippen LogP contribution in [0.25, 0.3) is 6.08 Å². The van der Waals surface area contributed by atoms with Gasteiger partial charge in [0.15, 0.2) is 11.5 Å². The Kier molecular flexibility index (Phi) is 6.49. The number of benzene rings is 2. The number of amides is 1. The number of carbonyl (C=O) groups excluding carboxylic acids is 2. The second kappa shape index (κ2) is 9.03. The molecule has 1 amide bonds. The fourth-order valence-electron chi connectivity index (χ4n) is 2.66. The minimum absolute atomic E-state index is 0.0876. The topological polar surface area (TPSA) is 55.8 Å². The van der Waals surface area contributed by atoms with Gasteiger partial charge in [-0.15, -0.1) is 0 Å². The number of ether oxygens (including phenoxy) is 2. The lowest BCUT2D eigenvalue weighted by molar-refractivity contribution is -0.122. The van der Waals surface area contributed by atoms with Crippen LogP contribution in [0.15, 0.2) is 53.4 Å². The standard InChI is InChI=1S/C21H19NO4S2/c1-3-11-22-19(23)18(28-21(22)27)13-14-9-10-16(17(12-14)25-2)26-20(24)15-7-5-4-6-8-15/h4-10,12-13H,3,11H2,1-2H3/b18-13-. The van der Waals surface area contributed by atoms with Gasteiger partial charge in [-0.3, -0.25) is 9.69 Å². The predicted octanol–water partition coefficient (Wildman–Crippen LogP) is 4.53. The van der Waals surface area contributed by atoms with Gasteiger partial charge in [-0.25, -0.2) is 4.79 Å². The zero-order valence-electron chi connectivity index (χ0n) is 15.5. The second-order valence-electron chi connectivity index (χ2n) is 6.00. The van der Waals surface area contributed by atoms with E-state index in [-0.39, 0.29) is 5.91 Å². The fraction of sp³-hybridized carbons (Fsp3) is 0.190. The van der Waals surface area contributed by atoms with Gasteiger partial charge in [0.05, 0.1) is 17.6 Å². The summed E-state index contributed by atoms with van der Waals surface area (Å²) in [4.78, 5) is 26.9. The van der Waals surface area contributed by atoms with Gasteiger partial charge < -0.3 is 9.47 Å². The molecule has 0 N–H and O–H groups in total. The van der Waals surface area contributed by atoms with Crippen molar-refractivity contribution in [1.82, 2.24) is 4.90 Å². The summed E-state index contributed by atoms with van der Waals surface area (Å²) in [5, 5.41) is 0. The quantitative estimate of drug-likeness (QED) is 0.300. The smallest absolute Gasteiger partial charge is 0.343 e. The van der Waals surface area contributed by atoms with E-state index in [9.17, 15) is 9.59 Å². The molecule has 3 rings (SSSR count). The minimum Gasteiger partial charge on any atom is -0.493 e. The summed E-state index contributed by atoms with van der Waals surface area (Å²) in [5.74, 6) is 0.164. The van der Waals surface area contributed by atoms with Gasteiger partial charge in [0.25, 0.3) is 5.91 Å². The van der Waals surface area contributed by atoms with Crippen molar-refractivity contribution < 1.29 is 19.1 Å². The van der Waals surface area contributed by atoms with Crippen molar-refractivity contribution >= 4 is 46.3 Å². The molecule has 0 spiro atoms. The summed E-state index contributed by atoms with van der Waals surface area (Å²) < 4.78 is 11.4. The molecule has 0 aromatic heterocycles. The monoisotopic (exact) mass is 413 g/mol. The number of hydrogen-bond donors (Lipinski definition) is 0. The highest BCUT2D eigenvalue weighted by Crippen LogP contribution is 2.35. The first-order valence-electron chi connectivity index (χ1n) is 8.74. The maximum Gasteiger partial charge on any atom is 0.343 e. The van der Waals surface area contributed by atoms with Gasteiger partial charge >= 0.3 is 5.97 Å². The highest BCUT2D eigenvalue weighted by atomic mass is 32.2. The van der Waals surface area contributed by atoms with Crippen LogP contribution in [0.5, 0.6) is 11.5 Å². The van der Waals surface area contributed by atoms with Crippen LogP contribution in [0.2, 0.25) is 0 Å². The number of thioether (sulfide) groups is 1. The lowest BCUT2D eigenvalue weighted by Crippen LogP contribution is -2.28. The van der Waals surface area contributed by atoms with Crippen LogP contribution in [0.1, 0.15) is 29.3 Å². The Labute approximate surface area is 173 Å². The van der Waals surface area contributed by atoms with E-state index in [4.69, 9.17) is 21.7 Å². The van der Waals surface area contributed by atoms with Crippen molar-refractivity contribution in [2.75, 3.05) is 13.7 Å². The van der Waals surface area contributed by atoms with E-state index < -0.39 is 5.97 Å². The van der Waals surface area contributed by atoms with E-state index >= 15 is 0 Å². The first-order chi connectivity index (χ1) is 13.5. The molecule has 0 saturated carbocycles. The van der Waals surface area contributed by atoms with E-state index in [2.05, 4.69) is 0 Å². The number of hydrogen-bond acceptors (Lipinski definition) is 6. The second-order valence-corrected chi connectivity index (χ2v) is 7.67. The maximum absolute atomic E-state index is 12.5. The van der Waals surface area contributed by atoms with E-state index in [1.165, 1.54) is 18.9 Å². The maximum atomic E-state index is 12.5. The fourth-order valence-corrected chi connectivity index (χ4v) is 3.97. The van der Waals surface area contributed by atoms with Crippen LogP contribution >= 0.6 is 24.0 Å².